The summed E-state index contributed by atoms with van der Waals surface area (Å²) in [7, 11) is 0. The maximum Gasteiger partial charge on any atom is 0.330 e. The third-order valence-electron chi connectivity index (χ3n) is 4.31. The number of fused-ring (bicyclic) bond motifs is 1. The largest absolute Gasteiger partial charge is 0.506 e. The predicted molar refractivity (Wildman–Crippen MR) is 104 cm³/mol. The van der Waals surface area contributed by atoms with Crippen molar-refractivity contribution < 1.29 is 14.6 Å². The minimum Gasteiger partial charge on any atom is -0.506 e. The van der Waals surface area contributed by atoms with Crippen LogP contribution in [0.1, 0.15) is 31.2 Å². The molecule has 1 aromatic heterocycles. The Bertz CT molecular complexity index is 900. The molecular weight excluding hydrogens is 342 g/mol. The standard InChI is InChI=1S/C21H23N3O3/c1-2-21(26)27-14-8-4-3-5-9-16-12-13-20(25)19(15-16)24-22-17-10-6-7-11-18(17)23-24/h2,6-7,10-13,15,25H,1,3-5,8-9,14H2. The highest BCUT2D eigenvalue weighted by Crippen LogP contribution is 2.24. The van der Waals surface area contributed by atoms with Crippen molar-refractivity contribution in [3.8, 4) is 11.4 Å². The van der Waals surface area contributed by atoms with E-state index in [0.717, 1.165) is 48.7 Å². The Morgan fingerprint density at radius 1 is 1.07 bits per heavy atom. The highest BCUT2D eigenvalue weighted by Gasteiger charge is 2.09. The first kappa shape index (κ1) is 18.6. The van der Waals surface area contributed by atoms with Crippen LogP contribution in [0.4, 0.5) is 0 Å². The fourth-order valence-electron chi connectivity index (χ4n) is 2.87. The molecule has 140 valence electrons. The van der Waals surface area contributed by atoms with Crippen molar-refractivity contribution in [3.05, 3.63) is 60.7 Å². The monoisotopic (exact) mass is 365 g/mol. The van der Waals surface area contributed by atoms with Crippen molar-refractivity contribution in [2.24, 2.45) is 0 Å². The van der Waals surface area contributed by atoms with Gasteiger partial charge in [0.1, 0.15) is 22.5 Å². The number of unbranched alkanes of at least 4 members (excludes halogenated alkanes) is 3. The van der Waals surface area contributed by atoms with Gasteiger partial charge in [0.15, 0.2) is 0 Å². The number of rotatable bonds is 9. The number of carbonyl (C=O) groups is 1. The Morgan fingerprint density at radius 2 is 1.78 bits per heavy atom. The van der Waals surface area contributed by atoms with Crippen LogP contribution >= 0.6 is 0 Å². The van der Waals surface area contributed by atoms with Crippen molar-refractivity contribution in [1.29, 1.82) is 0 Å². The zero-order valence-corrected chi connectivity index (χ0v) is 15.2. The number of phenols is 1. The molecule has 0 spiro atoms. The van der Waals surface area contributed by atoms with Crippen LogP contribution in [0, 0.1) is 0 Å². The number of carbonyl (C=O) groups excluding carboxylic acids is 1. The van der Waals surface area contributed by atoms with E-state index in [1.807, 2.05) is 36.4 Å². The van der Waals surface area contributed by atoms with Crippen LogP contribution in [0.5, 0.6) is 5.75 Å². The molecule has 27 heavy (non-hydrogen) atoms. The fourth-order valence-corrected chi connectivity index (χ4v) is 2.87. The summed E-state index contributed by atoms with van der Waals surface area (Å²) in [5, 5.41) is 19.1. The maximum absolute atomic E-state index is 10.9. The molecule has 2 aromatic carbocycles. The summed E-state index contributed by atoms with van der Waals surface area (Å²) in [6, 6.07) is 13.2. The SMILES string of the molecule is C=CC(=O)OCCCCCCc1ccc(O)c(-n2nc3ccccc3n2)c1. The van der Waals surface area contributed by atoms with Crippen molar-refractivity contribution in [2.45, 2.75) is 32.1 Å². The molecule has 3 aromatic rings. The summed E-state index contributed by atoms with van der Waals surface area (Å²) in [5.74, 6) is -0.213. The number of phenolic OH excluding ortho intramolecular Hbond substituents is 1. The van der Waals surface area contributed by atoms with Gasteiger partial charge in [0.25, 0.3) is 0 Å². The Morgan fingerprint density at radius 3 is 2.48 bits per heavy atom. The van der Waals surface area contributed by atoms with Gasteiger partial charge in [0.2, 0.25) is 0 Å². The Hall–Kier alpha value is -3.15. The van der Waals surface area contributed by atoms with Crippen LogP contribution < -0.4 is 0 Å². The average molecular weight is 365 g/mol. The van der Waals surface area contributed by atoms with Crippen molar-refractivity contribution in [2.75, 3.05) is 6.61 Å². The predicted octanol–water partition coefficient (Wildman–Crippen LogP) is 3.96. The van der Waals surface area contributed by atoms with Crippen LogP contribution in [-0.2, 0) is 16.0 Å². The number of aromatic hydroxyl groups is 1. The summed E-state index contributed by atoms with van der Waals surface area (Å²) in [6.45, 7) is 3.80. The van der Waals surface area contributed by atoms with E-state index < -0.39 is 0 Å². The molecule has 1 N–H and O–H groups in total. The van der Waals surface area contributed by atoms with Crippen LogP contribution in [-0.4, -0.2) is 32.7 Å². The molecule has 0 atom stereocenters. The lowest BCUT2D eigenvalue weighted by Crippen LogP contribution is -2.02. The van der Waals surface area contributed by atoms with Gasteiger partial charge in [-0.2, -0.15) is 0 Å². The number of hydrogen-bond donors (Lipinski definition) is 1. The molecule has 0 bridgehead atoms. The van der Waals surface area contributed by atoms with Crippen LogP contribution in [0.3, 0.4) is 0 Å². The molecule has 0 aliphatic carbocycles. The number of esters is 1. The molecule has 0 saturated heterocycles. The Kier molecular flexibility index (Phi) is 6.20. The lowest BCUT2D eigenvalue weighted by Gasteiger charge is -2.07. The van der Waals surface area contributed by atoms with Crippen LogP contribution in [0.15, 0.2) is 55.1 Å². The number of ether oxygens (including phenoxy) is 1. The summed E-state index contributed by atoms with van der Waals surface area (Å²) < 4.78 is 4.96. The summed E-state index contributed by atoms with van der Waals surface area (Å²) in [4.78, 5) is 12.4. The van der Waals surface area contributed by atoms with E-state index in [9.17, 15) is 9.90 Å². The topological polar surface area (TPSA) is 77.2 Å². The number of aryl methyl sites for hydroxylation is 1. The first-order chi connectivity index (χ1) is 13.2. The molecular formula is C21H23N3O3. The highest BCUT2D eigenvalue weighted by atomic mass is 16.5. The smallest absolute Gasteiger partial charge is 0.330 e. The summed E-state index contributed by atoms with van der Waals surface area (Å²) in [5.41, 5.74) is 3.29. The Labute approximate surface area is 158 Å². The molecule has 0 aliphatic rings. The van der Waals surface area contributed by atoms with Gasteiger partial charge >= 0.3 is 5.97 Å². The van der Waals surface area contributed by atoms with Crippen molar-refractivity contribution in [1.82, 2.24) is 15.0 Å². The van der Waals surface area contributed by atoms with Gasteiger partial charge in [-0.25, -0.2) is 4.79 Å². The van der Waals surface area contributed by atoms with E-state index in [4.69, 9.17) is 4.74 Å². The lowest BCUT2D eigenvalue weighted by molar-refractivity contribution is -0.137. The van der Waals surface area contributed by atoms with Crippen molar-refractivity contribution >= 4 is 17.0 Å². The lowest BCUT2D eigenvalue weighted by atomic mass is 10.1. The van der Waals surface area contributed by atoms with E-state index in [1.165, 1.54) is 10.9 Å². The van der Waals surface area contributed by atoms with Gasteiger partial charge in [-0.05, 0) is 49.1 Å². The van der Waals surface area contributed by atoms with Gasteiger partial charge in [-0.1, -0.05) is 37.6 Å². The normalized spacial score (nSPS) is 10.8. The van der Waals surface area contributed by atoms with Gasteiger partial charge in [-0.15, -0.1) is 15.0 Å². The maximum atomic E-state index is 10.9. The molecule has 0 aliphatic heterocycles. The molecule has 0 saturated carbocycles. The summed E-state index contributed by atoms with van der Waals surface area (Å²) >= 11 is 0. The molecule has 1 heterocycles. The minimum atomic E-state index is -0.369. The van der Waals surface area contributed by atoms with Crippen molar-refractivity contribution in [3.63, 3.8) is 0 Å². The van der Waals surface area contributed by atoms with E-state index in [-0.39, 0.29) is 11.7 Å². The second-order valence-corrected chi connectivity index (χ2v) is 6.34. The van der Waals surface area contributed by atoms with Gasteiger partial charge in [0, 0.05) is 6.08 Å². The van der Waals surface area contributed by atoms with E-state index >= 15 is 0 Å². The van der Waals surface area contributed by atoms with E-state index in [1.54, 1.807) is 6.07 Å². The molecule has 0 amide bonds. The molecule has 0 radical (unpaired) electrons. The quantitative estimate of drug-likeness (QED) is 0.353. The molecule has 6 nitrogen and oxygen atoms in total. The third kappa shape index (κ3) is 4.94. The van der Waals surface area contributed by atoms with E-state index in [0.29, 0.717) is 12.3 Å². The summed E-state index contributed by atoms with van der Waals surface area (Å²) in [6.07, 6.45) is 6.01. The van der Waals surface area contributed by atoms with E-state index in [2.05, 4.69) is 16.8 Å². The fraction of sp³-hybridized carbons (Fsp3) is 0.286. The molecule has 6 heteroatoms. The third-order valence-corrected chi connectivity index (χ3v) is 4.31. The van der Waals surface area contributed by atoms with Crippen LogP contribution in [0.2, 0.25) is 0 Å². The van der Waals surface area contributed by atoms with Crippen LogP contribution in [0.25, 0.3) is 16.7 Å². The second kappa shape index (κ2) is 8.98. The Balaban J connectivity index is 1.54. The van der Waals surface area contributed by atoms with Gasteiger partial charge in [0.05, 0.1) is 6.61 Å². The number of hydrogen-bond acceptors (Lipinski definition) is 5. The highest BCUT2D eigenvalue weighted by molar-refractivity contribution is 5.81. The minimum absolute atomic E-state index is 0.156. The first-order valence-corrected chi connectivity index (χ1v) is 9.11. The van der Waals surface area contributed by atoms with Gasteiger partial charge < -0.3 is 9.84 Å². The van der Waals surface area contributed by atoms with Gasteiger partial charge in [-0.3, -0.25) is 0 Å². The average Bonchev–Trinajstić information content (AvgIpc) is 3.12. The number of benzene rings is 2. The second-order valence-electron chi connectivity index (χ2n) is 6.34. The number of nitrogens with zero attached hydrogens (tertiary/aromatic N) is 3. The molecule has 3 rings (SSSR count). The zero-order valence-electron chi connectivity index (χ0n) is 15.2. The molecule has 0 fully saturated rings. The molecule has 0 unspecified atom stereocenters. The first-order valence-electron chi connectivity index (χ1n) is 9.11. The number of aromatic nitrogens is 3. The zero-order chi connectivity index (χ0) is 19.1.